The fourth-order valence-corrected chi connectivity index (χ4v) is 2.28. The van der Waals surface area contributed by atoms with Crippen LogP contribution in [0, 0.1) is 0 Å². The van der Waals surface area contributed by atoms with Crippen LogP contribution in [0.15, 0.2) is 0 Å². The van der Waals surface area contributed by atoms with Gasteiger partial charge in [0.15, 0.2) is 0 Å². The zero-order chi connectivity index (χ0) is 12.0. The van der Waals surface area contributed by atoms with Crippen LogP contribution in [0.1, 0.15) is 51.4 Å². The summed E-state index contributed by atoms with van der Waals surface area (Å²) in [5.74, 6) is 0. The van der Waals surface area contributed by atoms with Crippen molar-refractivity contribution in [3.63, 3.8) is 0 Å². The van der Waals surface area contributed by atoms with Crippen LogP contribution in [0.4, 0.5) is 0 Å². The molecule has 0 aliphatic heterocycles. The molecule has 2 saturated carbocycles. The van der Waals surface area contributed by atoms with Crippen molar-refractivity contribution in [1.29, 1.82) is 0 Å². The van der Waals surface area contributed by atoms with Crippen molar-refractivity contribution in [1.82, 2.24) is 0 Å². The number of rotatable bonds is 0. The predicted octanol–water partition coefficient (Wildman–Crippen LogP) is 0.564. The fourth-order valence-electron chi connectivity index (χ4n) is 2.28. The van der Waals surface area contributed by atoms with E-state index in [0.717, 1.165) is 38.5 Å². The molecule has 0 bridgehead atoms. The molecule has 0 spiro atoms. The molecule has 0 aromatic heterocycles. The summed E-state index contributed by atoms with van der Waals surface area (Å²) in [4.78, 5) is 0. The van der Waals surface area contributed by atoms with Crippen molar-refractivity contribution >= 4 is 0 Å². The molecule has 2 aliphatic carbocycles. The Morgan fingerprint density at radius 2 is 0.750 bits per heavy atom. The van der Waals surface area contributed by atoms with Crippen molar-refractivity contribution in [2.75, 3.05) is 0 Å². The van der Waals surface area contributed by atoms with Gasteiger partial charge >= 0.3 is 0 Å². The minimum Gasteiger partial charge on any atom is -0.393 e. The molecule has 0 aromatic carbocycles. The van der Waals surface area contributed by atoms with Gasteiger partial charge in [0, 0.05) is 0 Å². The van der Waals surface area contributed by atoms with Crippen molar-refractivity contribution in [2.45, 2.75) is 75.8 Å². The van der Waals surface area contributed by atoms with Gasteiger partial charge in [0.2, 0.25) is 0 Å². The van der Waals surface area contributed by atoms with E-state index in [1.165, 1.54) is 0 Å². The third kappa shape index (κ3) is 5.80. The minimum absolute atomic E-state index is 0.237. The summed E-state index contributed by atoms with van der Waals surface area (Å²) in [5.41, 5.74) is 0. The molecule has 4 nitrogen and oxygen atoms in total. The molecule has 4 atom stereocenters. The lowest BCUT2D eigenvalue weighted by atomic mass is 9.95. The lowest BCUT2D eigenvalue weighted by molar-refractivity contribution is 0.0400. The van der Waals surface area contributed by atoms with Gasteiger partial charge in [-0.3, -0.25) is 0 Å². The molecule has 2 aliphatic rings. The van der Waals surface area contributed by atoms with E-state index in [4.69, 9.17) is 20.4 Å². The largest absolute Gasteiger partial charge is 0.393 e. The van der Waals surface area contributed by atoms with E-state index in [0.29, 0.717) is 12.8 Å². The second-order valence-corrected chi connectivity index (χ2v) is 4.95. The van der Waals surface area contributed by atoms with Gasteiger partial charge in [-0.05, 0) is 51.4 Å². The van der Waals surface area contributed by atoms with Crippen molar-refractivity contribution in [2.24, 2.45) is 0 Å². The Hall–Kier alpha value is -0.160. The molecule has 0 saturated heterocycles. The zero-order valence-electron chi connectivity index (χ0n) is 9.76. The first-order chi connectivity index (χ1) is 7.58. The van der Waals surface area contributed by atoms with E-state index >= 15 is 0 Å². The van der Waals surface area contributed by atoms with Crippen LogP contribution >= 0.6 is 0 Å². The Balaban J connectivity index is 0.000000160. The van der Waals surface area contributed by atoms with Gasteiger partial charge in [-0.15, -0.1) is 0 Å². The van der Waals surface area contributed by atoms with Crippen LogP contribution in [0.2, 0.25) is 0 Å². The van der Waals surface area contributed by atoms with Gasteiger partial charge in [0.1, 0.15) is 0 Å². The van der Waals surface area contributed by atoms with Gasteiger partial charge in [0.25, 0.3) is 0 Å². The Kier molecular flexibility index (Phi) is 6.28. The molecule has 0 heterocycles. The lowest BCUT2D eigenvalue weighted by Crippen LogP contribution is -2.22. The van der Waals surface area contributed by atoms with Crippen molar-refractivity contribution in [3.8, 4) is 0 Å². The minimum atomic E-state index is -0.237. The summed E-state index contributed by atoms with van der Waals surface area (Å²) >= 11 is 0. The number of hydrogen-bond donors (Lipinski definition) is 4. The first kappa shape index (κ1) is 13.9. The van der Waals surface area contributed by atoms with Crippen LogP contribution in [0.5, 0.6) is 0 Å². The number of hydrogen-bond acceptors (Lipinski definition) is 4. The molecule has 4 N–H and O–H groups in total. The molecule has 0 unspecified atom stereocenters. The van der Waals surface area contributed by atoms with E-state index in [-0.39, 0.29) is 24.4 Å². The third-order valence-corrected chi connectivity index (χ3v) is 3.24. The highest BCUT2D eigenvalue weighted by Gasteiger charge is 2.17. The molecule has 16 heavy (non-hydrogen) atoms. The maximum atomic E-state index is 8.92. The molecule has 96 valence electrons. The summed E-state index contributed by atoms with van der Waals surface area (Å²) in [5, 5.41) is 35.7. The summed E-state index contributed by atoms with van der Waals surface area (Å²) in [6.07, 6.45) is 5.65. The van der Waals surface area contributed by atoms with Gasteiger partial charge in [-0.1, -0.05) is 0 Å². The van der Waals surface area contributed by atoms with Gasteiger partial charge < -0.3 is 20.4 Å². The Morgan fingerprint density at radius 3 is 0.875 bits per heavy atom. The average molecular weight is 232 g/mol. The highest BCUT2D eigenvalue weighted by atomic mass is 16.3. The Morgan fingerprint density at radius 1 is 0.500 bits per heavy atom. The van der Waals surface area contributed by atoms with Crippen LogP contribution in [-0.4, -0.2) is 44.8 Å². The monoisotopic (exact) mass is 232 g/mol. The maximum absolute atomic E-state index is 8.92. The molecule has 2 fully saturated rings. The molecule has 0 amide bonds. The second-order valence-electron chi connectivity index (χ2n) is 4.95. The Bertz CT molecular complexity index is 150. The molecular formula is C12H24O4. The van der Waals surface area contributed by atoms with Gasteiger partial charge in [0.05, 0.1) is 24.4 Å². The van der Waals surface area contributed by atoms with Gasteiger partial charge in [-0.2, -0.15) is 0 Å². The summed E-state index contributed by atoms with van der Waals surface area (Å²) in [7, 11) is 0. The maximum Gasteiger partial charge on any atom is 0.0564 e. The van der Waals surface area contributed by atoms with Gasteiger partial charge in [-0.25, -0.2) is 0 Å². The topological polar surface area (TPSA) is 80.9 Å². The smallest absolute Gasteiger partial charge is 0.0564 e. The van der Waals surface area contributed by atoms with E-state index in [1.807, 2.05) is 0 Å². The van der Waals surface area contributed by atoms with Crippen molar-refractivity contribution < 1.29 is 20.4 Å². The fraction of sp³-hybridized carbons (Fsp3) is 1.00. The van der Waals surface area contributed by atoms with Crippen LogP contribution < -0.4 is 0 Å². The zero-order valence-corrected chi connectivity index (χ0v) is 9.76. The van der Waals surface area contributed by atoms with Crippen molar-refractivity contribution in [3.05, 3.63) is 0 Å². The highest BCUT2D eigenvalue weighted by molar-refractivity contribution is 4.70. The normalized spacial score (nSPS) is 39.8. The van der Waals surface area contributed by atoms with E-state index in [2.05, 4.69) is 0 Å². The molecular weight excluding hydrogens is 208 g/mol. The lowest BCUT2D eigenvalue weighted by Gasteiger charge is -2.20. The third-order valence-electron chi connectivity index (χ3n) is 3.24. The number of aliphatic hydroxyl groups excluding tert-OH is 4. The van der Waals surface area contributed by atoms with E-state index in [1.54, 1.807) is 0 Å². The number of aliphatic hydroxyl groups is 4. The molecule has 0 aromatic rings. The molecule has 2 rings (SSSR count). The van der Waals surface area contributed by atoms with E-state index < -0.39 is 0 Å². The standard InChI is InChI=1S/2C6H12O2/c2*7-5-2-1-3-6(8)4-5/h2*5-8H,1-4H2/t2*5-,6+. The second kappa shape index (κ2) is 7.22. The molecule has 4 heteroatoms. The Labute approximate surface area is 96.9 Å². The first-order valence-corrected chi connectivity index (χ1v) is 6.30. The SMILES string of the molecule is O[C@@H]1CCC[C@H](O)C1.O[C@@H]1CCC[C@H](O)C1. The summed E-state index contributed by atoms with van der Waals surface area (Å²) in [6.45, 7) is 0. The van der Waals surface area contributed by atoms with Crippen LogP contribution in [-0.2, 0) is 0 Å². The highest BCUT2D eigenvalue weighted by Crippen LogP contribution is 2.18. The quantitative estimate of drug-likeness (QED) is 0.492. The average Bonchev–Trinajstić information content (AvgIpc) is 2.17. The molecule has 0 radical (unpaired) electrons. The predicted molar refractivity (Wildman–Crippen MR) is 61.0 cm³/mol. The van der Waals surface area contributed by atoms with E-state index in [9.17, 15) is 0 Å². The summed E-state index contributed by atoms with van der Waals surface area (Å²) < 4.78 is 0. The first-order valence-electron chi connectivity index (χ1n) is 6.30. The van der Waals surface area contributed by atoms with Crippen LogP contribution in [0.25, 0.3) is 0 Å². The summed E-state index contributed by atoms with van der Waals surface area (Å²) in [6, 6.07) is 0. The van der Waals surface area contributed by atoms with Crippen LogP contribution in [0.3, 0.4) is 0 Å².